The zero-order chi connectivity index (χ0) is 18.5. The maximum atomic E-state index is 12.3. The van der Waals surface area contributed by atoms with Crippen LogP contribution in [0.1, 0.15) is 32.8 Å². The number of nitrogens with two attached hydrogens (primary N) is 1. The minimum atomic E-state index is -1.12. The number of benzene rings is 1. The fourth-order valence-corrected chi connectivity index (χ4v) is 2.06. The Balaban J connectivity index is 2.82. The van der Waals surface area contributed by atoms with Crippen LogP contribution in [0.25, 0.3) is 0 Å². The zero-order valence-electron chi connectivity index (χ0n) is 14.1. The first kappa shape index (κ1) is 20.0. The fourth-order valence-electron chi connectivity index (χ4n) is 1.81. The molecule has 0 radical (unpaired) electrons. The van der Waals surface area contributed by atoms with Gasteiger partial charge in [0, 0.05) is 10.2 Å². The molecule has 1 atom stereocenters. The number of anilines is 1. The van der Waals surface area contributed by atoms with Gasteiger partial charge in [-0.25, -0.2) is 4.79 Å². The lowest BCUT2D eigenvalue weighted by Crippen LogP contribution is -2.47. The summed E-state index contributed by atoms with van der Waals surface area (Å²) in [7, 11) is 0. The standard InChI is InChI=1S/C16H22BrN3O4/c1-9-7-10(5-6-11(9)17)19-14(22)12(8-13(18)21)20-15(23)24-16(2,3)4/h5-7,12H,8H2,1-4H3,(H2,18,21)(H,19,22)(H,20,23)/t12-/m0/s1. The first-order chi connectivity index (χ1) is 11.0. The SMILES string of the molecule is Cc1cc(NC(=O)[C@H](CC(N)=O)NC(=O)OC(C)(C)C)ccc1Br. The van der Waals surface area contributed by atoms with E-state index in [0.717, 1.165) is 10.0 Å². The van der Waals surface area contributed by atoms with Crippen molar-refractivity contribution in [3.8, 4) is 0 Å². The smallest absolute Gasteiger partial charge is 0.408 e. The number of hydrogen-bond donors (Lipinski definition) is 3. The fraction of sp³-hybridized carbons (Fsp3) is 0.438. The molecule has 3 amide bonds. The van der Waals surface area contributed by atoms with Gasteiger partial charge in [0.15, 0.2) is 0 Å². The Kier molecular flexibility index (Phi) is 6.77. The number of amides is 3. The van der Waals surface area contributed by atoms with E-state index >= 15 is 0 Å². The second kappa shape index (κ2) is 8.14. The second-order valence-electron chi connectivity index (χ2n) is 6.32. The van der Waals surface area contributed by atoms with Gasteiger partial charge in [-0.3, -0.25) is 9.59 Å². The molecule has 0 aromatic heterocycles. The predicted octanol–water partition coefficient (Wildman–Crippen LogP) is 2.46. The van der Waals surface area contributed by atoms with E-state index in [9.17, 15) is 14.4 Å². The number of ether oxygens (including phenoxy) is 1. The third-order valence-electron chi connectivity index (χ3n) is 2.84. The van der Waals surface area contributed by atoms with Crippen molar-refractivity contribution in [2.45, 2.75) is 45.8 Å². The average Bonchev–Trinajstić information content (AvgIpc) is 2.39. The van der Waals surface area contributed by atoms with Gasteiger partial charge < -0.3 is 21.1 Å². The largest absolute Gasteiger partial charge is 0.444 e. The van der Waals surface area contributed by atoms with Gasteiger partial charge in [0.25, 0.3) is 0 Å². The van der Waals surface area contributed by atoms with Gasteiger partial charge >= 0.3 is 6.09 Å². The molecule has 132 valence electrons. The van der Waals surface area contributed by atoms with Crippen molar-refractivity contribution in [1.29, 1.82) is 0 Å². The zero-order valence-corrected chi connectivity index (χ0v) is 15.7. The van der Waals surface area contributed by atoms with Crippen molar-refractivity contribution in [1.82, 2.24) is 5.32 Å². The van der Waals surface area contributed by atoms with Gasteiger partial charge in [0.1, 0.15) is 11.6 Å². The van der Waals surface area contributed by atoms with Crippen LogP contribution >= 0.6 is 15.9 Å². The summed E-state index contributed by atoms with van der Waals surface area (Å²) in [6.07, 6.45) is -1.13. The summed E-state index contributed by atoms with van der Waals surface area (Å²) in [5.41, 5.74) is 5.91. The molecular formula is C16H22BrN3O4. The first-order valence-corrected chi connectivity index (χ1v) is 8.12. The molecule has 0 aliphatic heterocycles. The number of alkyl carbamates (subject to hydrolysis) is 1. The van der Waals surface area contributed by atoms with E-state index in [1.807, 2.05) is 6.92 Å². The van der Waals surface area contributed by atoms with E-state index in [2.05, 4.69) is 26.6 Å². The van der Waals surface area contributed by atoms with Crippen LogP contribution in [-0.2, 0) is 14.3 Å². The average molecular weight is 400 g/mol. The number of primary amides is 1. The summed E-state index contributed by atoms with van der Waals surface area (Å²) in [5, 5.41) is 5.01. The lowest BCUT2D eigenvalue weighted by Gasteiger charge is -2.23. The summed E-state index contributed by atoms with van der Waals surface area (Å²) in [6.45, 7) is 6.96. The van der Waals surface area contributed by atoms with Crippen LogP contribution in [0.5, 0.6) is 0 Å². The van der Waals surface area contributed by atoms with Gasteiger partial charge in [-0.15, -0.1) is 0 Å². The van der Waals surface area contributed by atoms with E-state index in [4.69, 9.17) is 10.5 Å². The molecule has 7 nitrogen and oxygen atoms in total. The normalized spacial score (nSPS) is 12.2. The molecule has 0 saturated heterocycles. The van der Waals surface area contributed by atoms with Crippen molar-refractivity contribution in [3.05, 3.63) is 28.2 Å². The summed E-state index contributed by atoms with van der Waals surface area (Å²) >= 11 is 3.37. The summed E-state index contributed by atoms with van der Waals surface area (Å²) < 4.78 is 6.00. The number of rotatable bonds is 5. The van der Waals surface area contributed by atoms with E-state index < -0.39 is 29.6 Å². The predicted molar refractivity (Wildman–Crippen MR) is 94.5 cm³/mol. The van der Waals surface area contributed by atoms with E-state index in [-0.39, 0.29) is 6.42 Å². The van der Waals surface area contributed by atoms with Crippen LogP contribution in [0.2, 0.25) is 0 Å². The van der Waals surface area contributed by atoms with Crippen LogP contribution in [0, 0.1) is 6.92 Å². The summed E-state index contributed by atoms with van der Waals surface area (Å²) in [4.78, 5) is 35.4. The van der Waals surface area contributed by atoms with Crippen molar-refractivity contribution in [2.24, 2.45) is 5.73 Å². The molecular weight excluding hydrogens is 378 g/mol. The summed E-state index contributed by atoms with van der Waals surface area (Å²) in [5.74, 6) is -1.26. The van der Waals surface area contributed by atoms with Crippen molar-refractivity contribution in [2.75, 3.05) is 5.32 Å². The molecule has 0 aliphatic carbocycles. The molecule has 0 spiro atoms. The number of carbonyl (C=O) groups is 3. The molecule has 0 saturated carbocycles. The molecule has 0 unspecified atom stereocenters. The Morgan fingerprint density at radius 2 is 1.92 bits per heavy atom. The lowest BCUT2D eigenvalue weighted by atomic mass is 10.1. The Hall–Kier alpha value is -2.09. The number of aryl methyl sites for hydroxylation is 1. The highest BCUT2D eigenvalue weighted by molar-refractivity contribution is 9.10. The number of nitrogens with one attached hydrogen (secondary N) is 2. The maximum Gasteiger partial charge on any atom is 0.408 e. The van der Waals surface area contributed by atoms with E-state index in [0.29, 0.717) is 5.69 Å². The van der Waals surface area contributed by atoms with Crippen molar-refractivity contribution >= 4 is 39.5 Å². The van der Waals surface area contributed by atoms with Crippen LogP contribution in [-0.4, -0.2) is 29.6 Å². The molecule has 0 heterocycles. The highest BCUT2D eigenvalue weighted by Crippen LogP contribution is 2.20. The first-order valence-electron chi connectivity index (χ1n) is 7.33. The Bertz CT molecular complexity index is 641. The molecule has 1 rings (SSSR count). The Labute approximate surface area is 149 Å². The number of halogens is 1. The molecule has 1 aromatic carbocycles. The van der Waals surface area contributed by atoms with Crippen LogP contribution in [0.4, 0.5) is 10.5 Å². The van der Waals surface area contributed by atoms with Gasteiger partial charge in [0.2, 0.25) is 11.8 Å². The molecule has 24 heavy (non-hydrogen) atoms. The number of carbonyl (C=O) groups excluding carboxylic acids is 3. The molecule has 4 N–H and O–H groups in total. The maximum absolute atomic E-state index is 12.3. The molecule has 8 heteroatoms. The van der Waals surface area contributed by atoms with Gasteiger partial charge in [-0.2, -0.15) is 0 Å². The third kappa shape index (κ3) is 6.99. The lowest BCUT2D eigenvalue weighted by molar-refractivity contribution is -0.124. The summed E-state index contributed by atoms with van der Waals surface area (Å²) in [6, 6.07) is 4.12. The minimum absolute atomic E-state index is 0.333. The molecule has 0 fully saturated rings. The monoisotopic (exact) mass is 399 g/mol. The Morgan fingerprint density at radius 1 is 1.29 bits per heavy atom. The third-order valence-corrected chi connectivity index (χ3v) is 3.73. The Morgan fingerprint density at radius 3 is 2.42 bits per heavy atom. The molecule has 1 aromatic rings. The van der Waals surface area contributed by atoms with Gasteiger partial charge in [-0.1, -0.05) is 15.9 Å². The van der Waals surface area contributed by atoms with E-state index in [1.54, 1.807) is 39.0 Å². The minimum Gasteiger partial charge on any atom is -0.444 e. The molecule has 0 bridgehead atoms. The van der Waals surface area contributed by atoms with Gasteiger partial charge in [0.05, 0.1) is 6.42 Å². The van der Waals surface area contributed by atoms with Crippen molar-refractivity contribution in [3.63, 3.8) is 0 Å². The number of hydrogen-bond acceptors (Lipinski definition) is 4. The van der Waals surface area contributed by atoms with Crippen molar-refractivity contribution < 1.29 is 19.1 Å². The molecule has 0 aliphatic rings. The second-order valence-corrected chi connectivity index (χ2v) is 7.18. The van der Waals surface area contributed by atoms with Crippen LogP contribution in [0.3, 0.4) is 0 Å². The van der Waals surface area contributed by atoms with Crippen LogP contribution in [0.15, 0.2) is 22.7 Å². The van der Waals surface area contributed by atoms with Crippen LogP contribution < -0.4 is 16.4 Å². The van der Waals surface area contributed by atoms with Gasteiger partial charge in [-0.05, 0) is 51.5 Å². The highest BCUT2D eigenvalue weighted by atomic mass is 79.9. The quantitative estimate of drug-likeness (QED) is 0.705. The highest BCUT2D eigenvalue weighted by Gasteiger charge is 2.26. The topological polar surface area (TPSA) is 111 Å². The van der Waals surface area contributed by atoms with E-state index in [1.165, 1.54) is 0 Å².